The number of nitrogens with one attached hydrogen (secondary N) is 2. The minimum absolute atomic E-state index is 0.0856. The molecule has 3 nitrogen and oxygen atoms in total. The van der Waals surface area contributed by atoms with E-state index in [1.54, 1.807) is 0 Å². The fourth-order valence-electron chi connectivity index (χ4n) is 2.50. The molecule has 3 heteroatoms. The maximum absolute atomic E-state index is 11.9. The lowest BCUT2D eigenvalue weighted by atomic mass is 9.86. The van der Waals surface area contributed by atoms with Crippen LogP contribution in [0.15, 0.2) is 24.3 Å². The van der Waals surface area contributed by atoms with E-state index in [-0.39, 0.29) is 6.03 Å². The third-order valence-corrected chi connectivity index (χ3v) is 3.74. The van der Waals surface area contributed by atoms with E-state index in [0.717, 1.165) is 12.1 Å². The molecule has 1 aromatic carbocycles. The monoisotopic (exact) mass is 246 g/mol. The van der Waals surface area contributed by atoms with Gasteiger partial charge in [0.25, 0.3) is 0 Å². The molecule has 2 unspecified atom stereocenters. The van der Waals surface area contributed by atoms with Crippen molar-refractivity contribution in [3.05, 3.63) is 29.8 Å². The minimum Gasteiger partial charge on any atom is -0.335 e. The molecular weight excluding hydrogens is 224 g/mol. The Morgan fingerprint density at radius 1 is 1.17 bits per heavy atom. The van der Waals surface area contributed by atoms with Gasteiger partial charge in [-0.05, 0) is 37.8 Å². The second kappa shape index (κ2) is 5.89. The van der Waals surface area contributed by atoms with Crippen LogP contribution < -0.4 is 10.6 Å². The summed E-state index contributed by atoms with van der Waals surface area (Å²) in [6.07, 6.45) is 4.83. The SMILES string of the molecule is Cc1ccc(NC(=O)NC2CCCCC2C)cc1. The molecule has 2 atom stereocenters. The van der Waals surface area contributed by atoms with E-state index in [0.29, 0.717) is 12.0 Å². The Balaban J connectivity index is 1.86. The lowest BCUT2D eigenvalue weighted by Gasteiger charge is -2.29. The van der Waals surface area contributed by atoms with Crippen LogP contribution in [0, 0.1) is 12.8 Å². The van der Waals surface area contributed by atoms with Crippen molar-refractivity contribution in [3.8, 4) is 0 Å². The minimum atomic E-state index is -0.0856. The van der Waals surface area contributed by atoms with Gasteiger partial charge in [0.1, 0.15) is 0 Å². The molecule has 1 aromatic rings. The van der Waals surface area contributed by atoms with E-state index in [2.05, 4.69) is 17.6 Å². The fourth-order valence-corrected chi connectivity index (χ4v) is 2.50. The first-order valence-electron chi connectivity index (χ1n) is 6.79. The van der Waals surface area contributed by atoms with Crippen molar-refractivity contribution in [3.63, 3.8) is 0 Å². The van der Waals surface area contributed by atoms with Gasteiger partial charge in [0.05, 0.1) is 0 Å². The Bertz CT molecular complexity index is 399. The van der Waals surface area contributed by atoms with Crippen LogP contribution in [0.25, 0.3) is 0 Å². The first-order chi connectivity index (χ1) is 8.65. The molecule has 1 aliphatic carbocycles. The van der Waals surface area contributed by atoms with Crippen LogP contribution in [0.2, 0.25) is 0 Å². The second-order valence-corrected chi connectivity index (χ2v) is 5.33. The number of urea groups is 1. The molecule has 1 fully saturated rings. The highest BCUT2D eigenvalue weighted by molar-refractivity contribution is 5.89. The third-order valence-electron chi connectivity index (χ3n) is 3.74. The summed E-state index contributed by atoms with van der Waals surface area (Å²) in [4.78, 5) is 11.9. The number of hydrogen-bond donors (Lipinski definition) is 2. The summed E-state index contributed by atoms with van der Waals surface area (Å²) in [5, 5.41) is 5.97. The summed E-state index contributed by atoms with van der Waals surface area (Å²) in [6, 6.07) is 8.10. The van der Waals surface area contributed by atoms with Crippen molar-refractivity contribution in [2.45, 2.75) is 45.6 Å². The molecule has 0 radical (unpaired) electrons. The van der Waals surface area contributed by atoms with E-state index in [1.807, 2.05) is 31.2 Å². The van der Waals surface area contributed by atoms with Crippen molar-refractivity contribution in [2.75, 3.05) is 5.32 Å². The average molecular weight is 246 g/mol. The Kier molecular flexibility index (Phi) is 4.24. The number of aryl methyl sites for hydroxylation is 1. The molecule has 2 N–H and O–H groups in total. The number of benzene rings is 1. The van der Waals surface area contributed by atoms with E-state index in [9.17, 15) is 4.79 Å². The number of carbonyl (C=O) groups is 1. The number of anilines is 1. The summed E-state index contributed by atoms with van der Waals surface area (Å²) in [5.74, 6) is 0.586. The number of carbonyl (C=O) groups excluding carboxylic acids is 1. The first-order valence-corrected chi connectivity index (χ1v) is 6.79. The highest BCUT2D eigenvalue weighted by Crippen LogP contribution is 2.23. The first kappa shape index (κ1) is 12.9. The van der Waals surface area contributed by atoms with Crippen molar-refractivity contribution in [1.29, 1.82) is 0 Å². The van der Waals surface area contributed by atoms with Crippen LogP contribution in [-0.4, -0.2) is 12.1 Å². The predicted molar refractivity (Wildman–Crippen MR) is 74.8 cm³/mol. The second-order valence-electron chi connectivity index (χ2n) is 5.33. The summed E-state index contributed by atoms with van der Waals surface area (Å²) in [6.45, 7) is 4.25. The number of rotatable bonds is 2. The topological polar surface area (TPSA) is 41.1 Å². The van der Waals surface area contributed by atoms with Crippen LogP contribution in [0.5, 0.6) is 0 Å². The molecule has 2 rings (SSSR count). The van der Waals surface area contributed by atoms with Gasteiger partial charge in [0, 0.05) is 11.7 Å². The Hall–Kier alpha value is -1.51. The zero-order valence-electron chi connectivity index (χ0n) is 11.2. The number of amides is 2. The zero-order valence-corrected chi connectivity index (χ0v) is 11.2. The van der Waals surface area contributed by atoms with E-state index in [1.165, 1.54) is 24.8 Å². The maximum atomic E-state index is 11.9. The molecular formula is C15H22N2O. The van der Waals surface area contributed by atoms with Crippen molar-refractivity contribution in [1.82, 2.24) is 5.32 Å². The van der Waals surface area contributed by atoms with Gasteiger partial charge in [-0.3, -0.25) is 0 Å². The normalized spacial score (nSPS) is 23.4. The van der Waals surface area contributed by atoms with E-state index >= 15 is 0 Å². The van der Waals surface area contributed by atoms with E-state index < -0.39 is 0 Å². The Morgan fingerprint density at radius 2 is 1.83 bits per heavy atom. The van der Waals surface area contributed by atoms with Gasteiger partial charge in [0.2, 0.25) is 0 Å². The van der Waals surface area contributed by atoms with Crippen LogP contribution in [0.3, 0.4) is 0 Å². The van der Waals surface area contributed by atoms with Crippen molar-refractivity contribution >= 4 is 11.7 Å². The fraction of sp³-hybridized carbons (Fsp3) is 0.533. The molecule has 0 aromatic heterocycles. The van der Waals surface area contributed by atoms with E-state index in [4.69, 9.17) is 0 Å². The maximum Gasteiger partial charge on any atom is 0.319 e. The lowest BCUT2D eigenvalue weighted by Crippen LogP contribution is -2.43. The lowest BCUT2D eigenvalue weighted by molar-refractivity contribution is 0.232. The molecule has 0 heterocycles. The van der Waals surface area contributed by atoms with Crippen molar-refractivity contribution in [2.24, 2.45) is 5.92 Å². The van der Waals surface area contributed by atoms with Crippen LogP contribution >= 0.6 is 0 Å². The average Bonchev–Trinajstić information content (AvgIpc) is 2.35. The zero-order chi connectivity index (χ0) is 13.0. The molecule has 2 amide bonds. The summed E-state index contributed by atoms with van der Waals surface area (Å²) in [5.41, 5.74) is 2.04. The highest BCUT2D eigenvalue weighted by Gasteiger charge is 2.22. The van der Waals surface area contributed by atoms with Crippen LogP contribution in [-0.2, 0) is 0 Å². The molecule has 0 spiro atoms. The van der Waals surface area contributed by atoms with Gasteiger partial charge < -0.3 is 10.6 Å². The molecule has 0 aliphatic heterocycles. The van der Waals surface area contributed by atoms with Crippen LogP contribution in [0.1, 0.15) is 38.2 Å². The molecule has 1 aliphatic rings. The largest absolute Gasteiger partial charge is 0.335 e. The standard InChI is InChI=1S/C15H22N2O/c1-11-7-9-13(10-8-11)16-15(18)17-14-6-4-3-5-12(14)2/h7-10,12,14H,3-6H2,1-2H3,(H2,16,17,18). The van der Waals surface area contributed by atoms with Gasteiger partial charge >= 0.3 is 6.03 Å². The highest BCUT2D eigenvalue weighted by atomic mass is 16.2. The summed E-state index contributed by atoms with van der Waals surface area (Å²) < 4.78 is 0. The predicted octanol–water partition coefficient (Wildman–Crippen LogP) is 3.70. The molecule has 0 bridgehead atoms. The Morgan fingerprint density at radius 3 is 2.50 bits per heavy atom. The van der Waals surface area contributed by atoms with Crippen LogP contribution in [0.4, 0.5) is 10.5 Å². The summed E-state index contributed by atoms with van der Waals surface area (Å²) in [7, 11) is 0. The molecule has 0 saturated heterocycles. The smallest absolute Gasteiger partial charge is 0.319 e. The summed E-state index contributed by atoms with van der Waals surface area (Å²) >= 11 is 0. The van der Waals surface area contributed by atoms with Gasteiger partial charge in [-0.1, -0.05) is 37.5 Å². The van der Waals surface area contributed by atoms with Gasteiger partial charge in [0.15, 0.2) is 0 Å². The third kappa shape index (κ3) is 3.49. The van der Waals surface area contributed by atoms with Gasteiger partial charge in [-0.25, -0.2) is 4.79 Å². The quantitative estimate of drug-likeness (QED) is 0.821. The van der Waals surface area contributed by atoms with Gasteiger partial charge in [-0.2, -0.15) is 0 Å². The number of hydrogen-bond acceptors (Lipinski definition) is 1. The Labute approximate surface area is 109 Å². The van der Waals surface area contributed by atoms with Gasteiger partial charge in [-0.15, -0.1) is 0 Å². The molecule has 98 valence electrons. The molecule has 1 saturated carbocycles. The van der Waals surface area contributed by atoms with Crippen molar-refractivity contribution < 1.29 is 4.79 Å². The molecule has 18 heavy (non-hydrogen) atoms.